The van der Waals surface area contributed by atoms with Crippen LogP contribution in [0.25, 0.3) is 17.4 Å². The SMILES string of the molecule is COC(=O)c1cnc(N2CCN(C[C@@H]3CCCN(c4nc(N)n5nc(-c6ccco6)nc5n4)C3)CC2)s1. The molecule has 2 saturated heterocycles. The van der Waals surface area contributed by atoms with Gasteiger partial charge in [-0.2, -0.15) is 19.5 Å². The molecule has 0 aromatic carbocycles. The van der Waals surface area contributed by atoms with E-state index < -0.39 is 0 Å². The van der Waals surface area contributed by atoms with E-state index in [1.54, 1.807) is 24.6 Å². The third-order valence-electron chi connectivity index (χ3n) is 6.80. The Morgan fingerprint density at radius 2 is 2.05 bits per heavy atom. The number of anilines is 3. The van der Waals surface area contributed by atoms with Crippen LogP contribution in [0.1, 0.15) is 22.5 Å². The molecule has 14 heteroatoms. The van der Waals surface area contributed by atoms with Crippen LogP contribution in [0.5, 0.6) is 0 Å². The molecule has 2 N–H and O–H groups in total. The van der Waals surface area contributed by atoms with Gasteiger partial charge in [0.15, 0.2) is 10.9 Å². The highest BCUT2D eigenvalue weighted by Gasteiger charge is 2.27. The van der Waals surface area contributed by atoms with E-state index in [2.05, 4.69) is 39.7 Å². The molecule has 6 heterocycles. The summed E-state index contributed by atoms with van der Waals surface area (Å²) in [5, 5.41) is 5.25. The van der Waals surface area contributed by atoms with Gasteiger partial charge in [0.2, 0.25) is 17.7 Å². The van der Waals surface area contributed by atoms with Gasteiger partial charge in [0.1, 0.15) is 4.88 Å². The monoisotopic (exact) mass is 524 g/mol. The average Bonchev–Trinajstić information content (AvgIpc) is 3.70. The van der Waals surface area contributed by atoms with Gasteiger partial charge in [0.25, 0.3) is 5.78 Å². The van der Waals surface area contributed by atoms with Crippen LogP contribution >= 0.6 is 11.3 Å². The van der Waals surface area contributed by atoms with E-state index >= 15 is 0 Å². The van der Waals surface area contributed by atoms with Gasteiger partial charge in [0, 0.05) is 45.8 Å². The van der Waals surface area contributed by atoms with Crippen molar-refractivity contribution in [2.24, 2.45) is 5.92 Å². The van der Waals surface area contributed by atoms with Crippen molar-refractivity contribution >= 4 is 40.1 Å². The van der Waals surface area contributed by atoms with E-state index in [9.17, 15) is 4.79 Å². The Morgan fingerprint density at radius 3 is 2.84 bits per heavy atom. The Kier molecular flexibility index (Phi) is 6.34. The molecule has 0 amide bonds. The number of carbonyl (C=O) groups is 1. The lowest BCUT2D eigenvalue weighted by Crippen LogP contribution is -2.49. The molecule has 2 aliphatic heterocycles. The molecule has 0 aliphatic carbocycles. The Morgan fingerprint density at radius 1 is 1.19 bits per heavy atom. The third kappa shape index (κ3) is 4.81. The van der Waals surface area contributed by atoms with Gasteiger partial charge in [0.05, 0.1) is 19.6 Å². The second kappa shape index (κ2) is 9.94. The first-order chi connectivity index (χ1) is 18.1. The molecule has 4 aromatic heterocycles. The summed E-state index contributed by atoms with van der Waals surface area (Å²) in [6.07, 6.45) is 5.41. The first-order valence-electron chi connectivity index (χ1n) is 12.3. The van der Waals surface area contributed by atoms with Crippen LogP contribution in [0.4, 0.5) is 17.0 Å². The predicted molar refractivity (Wildman–Crippen MR) is 138 cm³/mol. The van der Waals surface area contributed by atoms with Gasteiger partial charge in [-0.1, -0.05) is 11.3 Å². The Bertz CT molecular complexity index is 1380. The number of ether oxygens (including phenoxy) is 1. The quantitative estimate of drug-likeness (QED) is 0.366. The number of carbonyl (C=O) groups excluding carboxylic acids is 1. The van der Waals surface area contributed by atoms with E-state index in [1.807, 2.05) is 0 Å². The fraction of sp³-hybridized carbons (Fsp3) is 0.478. The zero-order chi connectivity index (χ0) is 25.4. The number of nitrogens with two attached hydrogens (primary N) is 1. The number of esters is 1. The van der Waals surface area contributed by atoms with Crippen molar-refractivity contribution in [3.05, 3.63) is 29.5 Å². The minimum Gasteiger partial charge on any atom is -0.465 e. The highest BCUT2D eigenvalue weighted by atomic mass is 32.1. The van der Waals surface area contributed by atoms with E-state index in [-0.39, 0.29) is 11.9 Å². The molecule has 0 saturated carbocycles. The molecule has 0 radical (unpaired) electrons. The lowest BCUT2D eigenvalue weighted by atomic mass is 9.97. The number of thiazole rings is 1. The maximum atomic E-state index is 11.7. The smallest absolute Gasteiger partial charge is 0.349 e. The number of piperazine rings is 1. The number of hydrogen-bond donors (Lipinski definition) is 1. The Balaban J connectivity index is 1.08. The summed E-state index contributed by atoms with van der Waals surface area (Å²) in [7, 11) is 1.39. The molecular weight excluding hydrogens is 496 g/mol. The minimum absolute atomic E-state index is 0.251. The Hall–Kier alpha value is -3.78. The summed E-state index contributed by atoms with van der Waals surface area (Å²) in [4.78, 5) is 37.3. The third-order valence-corrected chi connectivity index (χ3v) is 7.84. The summed E-state index contributed by atoms with van der Waals surface area (Å²) in [5.41, 5.74) is 6.21. The summed E-state index contributed by atoms with van der Waals surface area (Å²) in [5.74, 6) is 2.40. The van der Waals surface area contributed by atoms with E-state index in [1.165, 1.54) is 23.0 Å². The van der Waals surface area contributed by atoms with E-state index in [0.29, 0.717) is 34.1 Å². The number of hydrogen-bond acceptors (Lipinski definition) is 13. The normalized spacial score (nSPS) is 19.0. The first-order valence-corrected chi connectivity index (χ1v) is 13.1. The number of aromatic nitrogens is 6. The summed E-state index contributed by atoms with van der Waals surface area (Å²) in [6.45, 7) is 6.43. The zero-order valence-electron chi connectivity index (χ0n) is 20.5. The van der Waals surface area contributed by atoms with Crippen LogP contribution in [0, 0.1) is 5.92 Å². The zero-order valence-corrected chi connectivity index (χ0v) is 21.3. The number of rotatable bonds is 6. The molecule has 2 aliphatic rings. The van der Waals surface area contributed by atoms with Crippen LogP contribution in [0.2, 0.25) is 0 Å². The standard InChI is InChI=1S/C23H28N10O3S/c1-35-19(34)17-12-25-23(37-17)31-9-7-30(8-10-31)13-15-4-2-6-32(14-15)21-27-20(24)33-22(28-21)26-18(29-33)16-5-3-11-36-16/h3,5,11-12,15H,2,4,6-10,13-14H2,1H3,(H2,24,26,27,28,29)/t15-/m0/s1. The number of furan rings is 1. The molecule has 0 unspecified atom stereocenters. The summed E-state index contributed by atoms with van der Waals surface area (Å²) >= 11 is 1.38. The lowest BCUT2D eigenvalue weighted by Gasteiger charge is -2.39. The maximum Gasteiger partial charge on any atom is 0.349 e. The molecule has 13 nitrogen and oxygen atoms in total. The van der Waals surface area contributed by atoms with Crippen LogP contribution < -0.4 is 15.5 Å². The summed E-state index contributed by atoms with van der Waals surface area (Å²) < 4.78 is 11.6. The highest BCUT2D eigenvalue weighted by molar-refractivity contribution is 7.17. The molecule has 2 fully saturated rings. The van der Waals surface area contributed by atoms with Gasteiger partial charge in [-0.15, -0.1) is 5.10 Å². The van der Waals surface area contributed by atoms with Crippen molar-refractivity contribution in [1.82, 2.24) is 34.4 Å². The second-order valence-electron chi connectivity index (χ2n) is 9.25. The lowest BCUT2D eigenvalue weighted by molar-refractivity contribution is 0.0606. The van der Waals surface area contributed by atoms with Crippen molar-refractivity contribution in [2.75, 3.05) is 68.5 Å². The van der Waals surface area contributed by atoms with Crippen molar-refractivity contribution in [2.45, 2.75) is 12.8 Å². The van der Waals surface area contributed by atoms with Gasteiger partial charge in [-0.25, -0.2) is 9.78 Å². The van der Waals surface area contributed by atoms with Crippen molar-refractivity contribution in [1.29, 1.82) is 0 Å². The Labute approximate surface area is 216 Å². The molecule has 1 atom stereocenters. The minimum atomic E-state index is -0.337. The number of piperidine rings is 1. The van der Waals surface area contributed by atoms with Crippen molar-refractivity contribution < 1.29 is 13.9 Å². The van der Waals surface area contributed by atoms with Crippen LogP contribution in [-0.4, -0.2) is 93.3 Å². The largest absolute Gasteiger partial charge is 0.465 e. The molecular formula is C23H28N10O3S. The number of nitrogens with zero attached hydrogens (tertiary/aromatic N) is 9. The van der Waals surface area contributed by atoms with Crippen molar-refractivity contribution in [3.63, 3.8) is 0 Å². The van der Waals surface area contributed by atoms with Gasteiger partial charge >= 0.3 is 5.97 Å². The fourth-order valence-corrected chi connectivity index (χ4v) is 5.82. The number of nitrogen functional groups attached to an aromatic ring is 1. The van der Waals surface area contributed by atoms with Crippen LogP contribution in [0.3, 0.4) is 0 Å². The molecule has 0 bridgehead atoms. The molecule has 0 spiro atoms. The highest BCUT2D eigenvalue weighted by Crippen LogP contribution is 2.26. The van der Waals surface area contributed by atoms with Gasteiger partial charge in [-0.05, 0) is 30.9 Å². The predicted octanol–water partition coefficient (Wildman–Crippen LogP) is 1.64. The van der Waals surface area contributed by atoms with Gasteiger partial charge in [-0.3, -0.25) is 4.90 Å². The molecule has 37 heavy (non-hydrogen) atoms. The van der Waals surface area contributed by atoms with Crippen LogP contribution in [-0.2, 0) is 4.74 Å². The molecule has 6 rings (SSSR count). The number of fused-ring (bicyclic) bond motifs is 1. The van der Waals surface area contributed by atoms with Crippen LogP contribution in [0.15, 0.2) is 29.0 Å². The fourth-order valence-electron chi connectivity index (χ4n) is 4.93. The number of methoxy groups -OCH3 is 1. The average molecular weight is 525 g/mol. The molecule has 194 valence electrons. The summed E-state index contributed by atoms with van der Waals surface area (Å²) in [6, 6.07) is 3.58. The topological polar surface area (TPSA) is 144 Å². The van der Waals surface area contributed by atoms with Gasteiger partial charge < -0.3 is 24.7 Å². The maximum absolute atomic E-state index is 11.7. The van der Waals surface area contributed by atoms with E-state index in [0.717, 1.165) is 63.8 Å². The first kappa shape index (κ1) is 23.6. The molecule has 4 aromatic rings. The van der Waals surface area contributed by atoms with E-state index in [4.69, 9.17) is 14.9 Å². The van der Waals surface area contributed by atoms with Crippen molar-refractivity contribution in [3.8, 4) is 11.6 Å². The second-order valence-corrected chi connectivity index (χ2v) is 10.3.